The molecule has 0 spiro atoms. The maximum atomic E-state index is 12.8. The number of aromatic amines is 1. The first-order chi connectivity index (χ1) is 14.2. The number of nitrogens with one attached hydrogen (secondary N) is 2. The number of aryl methyl sites for hydroxylation is 1. The first-order valence-corrected chi connectivity index (χ1v) is 10.1. The lowest BCUT2D eigenvalue weighted by atomic mass is 9.96. The fourth-order valence-electron chi connectivity index (χ4n) is 4.29. The summed E-state index contributed by atoms with van der Waals surface area (Å²) < 4.78 is 0. The van der Waals surface area contributed by atoms with Crippen molar-refractivity contribution in [3.05, 3.63) is 76.6 Å². The molecule has 0 bridgehead atoms. The number of benzene rings is 2. The Kier molecular flexibility index (Phi) is 4.39. The fourth-order valence-corrected chi connectivity index (χ4v) is 4.29. The Bertz CT molecular complexity index is 1090. The van der Waals surface area contributed by atoms with E-state index in [-0.39, 0.29) is 11.8 Å². The van der Waals surface area contributed by atoms with Crippen molar-refractivity contribution in [2.45, 2.75) is 32.1 Å². The van der Waals surface area contributed by atoms with Crippen molar-refractivity contribution in [1.29, 1.82) is 0 Å². The van der Waals surface area contributed by atoms with E-state index in [2.05, 4.69) is 15.5 Å². The molecule has 3 aromatic rings. The molecule has 1 aliphatic heterocycles. The second-order valence-corrected chi connectivity index (χ2v) is 7.61. The molecular weight excluding hydrogens is 364 g/mol. The first kappa shape index (κ1) is 17.7. The number of hydrogen-bond acceptors (Lipinski definition) is 3. The van der Waals surface area contributed by atoms with E-state index in [9.17, 15) is 9.59 Å². The molecule has 2 amide bonds. The third kappa shape index (κ3) is 3.20. The van der Waals surface area contributed by atoms with Crippen molar-refractivity contribution in [1.82, 2.24) is 10.2 Å². The normalized spacial score (nSPS) is 15.0. The van der Waals surface area contributed by atoms with Crippen LogP contribution in [0.3, 0.4) is 0 Å². The van der Waals surface area contributed by atoms with Gasteiger partial charge in [-0.2, -0.15) is 5.10 Å². The average molecular weight is 386 g/mol. The topological polar surface area (TPSA) is 78.1 Å². The number of amides is 2. The van der Waals surface area contributed by atoms with E-state index < -0.39 is 0 Å². The molecule has 0 atom stereocenters. The number of rotatable bonds is 3. The molecular formula is C23H22N4O2. The highest BCUT2D eigenvalue weighted by atomic mass is 16.2. The van der Waals surface area contributed by atoms with Crippen LogP contribution in [0.2, 0.25) is 0 Å². The molecule has 0 radical (unpaired) electrons. The van der Waals surface area contributed by atoms with E-state index in [1.807, 2.05) is 48.5 Å². The molecule has 2 aromatic carbocycles. The van der Waals surface area contributed by atoms with E-state index >= 15 is 0 Å². The molecule has 0 fully saturated rings. The predicted molar refractivity (Wildman–Crippen MR) is 111 cm³/mol. The lowest BCUT2D eigenvalue weighted by Gasteiger charge is -2.17. The molecule has 29 heavy (non-hydrogen) atoms. The van der Waals surface area contributed by atoms with Crippen LogP contribution in [0, 0.1) is 0 Å². The van der Waals surface area contributed by atoms with Gasteiger partial charge >= 0.3 is 0 Å². The smallest absolute Gasteiger partial charge is 0.276 e. The molecule has 1 aromatic heterocycles. The molecule has 0 unspecified atom stereocenters. The maximum absolute atomic E-state index is 12.8. The Morgan fingerprint density at radius 3 is 2.69 bits per heavy atom. The van der Waals surface area contributed by atoms with Crippen molar-refractivity contribution in [3.63, 3.8) is 0 Å². The minimum atomic E-state index is -0.181. The zero-order chi connectivity index (χ0) is 19.8. The van der Waals surface area contributed by atoms with Crippen LogP contribution < -0.4 is 10.2 Å². The third-order valence-corrected chi connectivity index (χ3v) is 5.77. The van der Waals surface area contributed by atoms with Crippen molar-refractivity contribution >= 4 is 23.2 Å². The van der Waals surface area contributed by atoms with E-state index in [0.717, 1.165) is 60.3 Å². The second kappa shape index (κ2) is 7.20. The summed E-state index contributed by atoms with van der Waals surface area (Å²) in [6.45, 7) is 0.646. The molecule has 2 N–H and O–H groups in total. The standard InChI is InChI=1S/C23H22N4O2/c28-22(21-18-8-4-5-9-19(18)25-26-21)24-17-10-11-20-16(14-17)12-13-27(20)23(29)15-6-2-1-3-7-15/h1-3,6-7,10-11,14H,4-5,8-9,12-13H2,(H,24,28)(H,25,26). The summed E-state index contributed by atoms with van der Waals surface area (Å²) in [7, 11) is 0. The van der Waals surface area contributed by atoms with Gasteiger partial charge in [-0.05, 0) is 68.0 Å². The van der Waals surface area contributed by atoms with Gasteiger partial charge in [0.1, 0.15) is 0 Å². The van der Waals surface area contributed by atoms with Crippen molar-refractivity contribution in [3.8, 4) is 0 Å². The molecule has 2 aliphatic rings. The fraction of sp³-hybridized carbons (Fsp3) is 0.261. The van der Waals surface area contributed by atoms with Crippen molar-refractivity contribution in [2.75, 3.05) is 16.8 Å². The number of nitrogens with zero attached hydrogens (tertiary/aromatic N) is 2. The zero-order valence-corrected chi connectivity index (χ0v) is 16.1. The number of aromatic nitrogens is 2. The summed E-state index contributed by atoms with van der Waals surface area (Å²) in [4.78, 5) is 27.4. The van der Waals surface area contributed by atoms with E-state index in [1.54, 1.807) is 4.90 Å². The summed E-state index contributed by atoms with van der Waals surface area (Å²) in [6, 6.07) is 15.0. The highest BCUT2D eigenvalue weighted by Gasteiger charge is 2.26. The van der Waals surface area contributed by atoms with Crippen LogP contribution >= 0.6 is 0 Å². The van der Waals surface area contributed by atoms with Crippen LogP contribution in [0.15, 0.2) is 48.5 Å². The molecule has 0 saturated carbocycles. The molecule has 6 heteroatoms. The Morgan fingerprint density at radius 2 is 1.83 bits per heavy atom. The second-order valence-electron chi connectivity index (χ2n) is 7.61. The minimum absolute atomic E-state index is 0.00397. The summed E-state index contributed by atoms with van der Waals surface area (Å²) in [5.41, 5.74) is 6.03. The number of anilines is 2. The van der Waals surface area contributed by atoms with Gasteiger partial charge in [-0.15, -0.1) is 0 Å². The molecule has 6 nitrogen and oxygen atoms in total. The van der Waals surface area contributed by atoms with E-state index in [4.69, 9.17) is 0 Å². The molecule has 1 aliphatic carbocycles. The maximum Gasteiger partial charge on any atom is 0.276 e. The SMILES string of the molecule is O=C(Nc1ccc2c(c1)CCN2C(=O)c1ccccc1)c1n[nH]c2c1CCCC2. The van der Waals surface area contributed by atoms with Crippen LogP contribution in [0.1, 0.15) is 50.5 Å². The summed E-state index contributed by atoms with van der Waals surface area (Å²) >= 11 is 0. The molecule has 2 heterocycles. The van der Waals surface area contributed by atoms with Gasteiger partial charge in [-0.1, -0.05) is 18.2 Å². The summed E-state index contributed by atoms with van der Waals surface area (Å²) in [5.74, 6) is -0.177. The van der Waals surface area contributed by atoms with Gasteiger partial charge in [-0.25, -0.2) is 0 Å². The average Bonchev–Trinajstić information content (AvgIpc) is 3.38. The number of carbonyl (C=O) groups excluding carboxylic acids is 2. The largest absolute Gasteiger partial charge is 0.321 e. The summed E-state index contributed by atoms with van der Waals surface area (Å²) in [5, 5.41) is 10.2. The van der Waals surface area contributed by atoms with Crippen LogP contribution in [-0.2, 0) is 19.3 Å². The van der Waals surface area contributed by atoms with Crippen LogP contribution in [-0.4, -0.2) is 28.6 Å². The number of H-pyrrole nitrogens is 1. The number of fused-ring (bicyclic) bond motifs is 2. The molecule has 146 valence electrons. The monoisotopic (exact) mass is 386 g/mol. The van der Waals surface area contributed by atoms with Crippen molar-refractivity contribution in [2.24, 2.45) is 0 Å². The highest BCUT2D eigenvalue weighted by Crippen LogP contribution is 2.32. The summed E-state index contributed by atoms with van der Waals surface area (Å²) in [6.07, 6.45) is 4.86. The van der Waals surface area contributed by atoms with E-state index in [1.165, 1.54) is 0 Å². The Labute approximate surface area is 168 Å². The zero-order valence-electron chi connectivity index (χ0n) is 16.1. The lowest BCUT2D eigenvalue weighted by Crippen LogP contribution is -2.28. The van der Waals surface area contributed by atoms with E-state index in [0.29, 0.717) is 17.8 Å². The third-order valence-electron chi connectivity index (χ3n) is 5.77. The van der Waals surface area contributed by atoms with Gasteiger partial charge in [0.05, 0.1) is 0 Å². The van der Waals surface area contributed by atoms with Gasteiger partial charge in [0.2, 0.25) is 0 Å². The Hall–Kier alpha value is -3.41. The number of carbonyl (C=O) groups is 2. The lowest BCUT2D eigenvalue weighted by molar-refractivity contribution is 0.0987. The van der Waals surface area contributed by atoms with Crippen molar-refractivity contribution < 1.29 is 9.59 Å². The Balaban J connectivity index is 1.35. The molecule has 0 saturated heterocycles. The van der Waals surface area contributed by atoms with Crippen LogP contribution in [0.5, 0.6) is 0 Å². The quantitative estimate of drug-likeness (QED) is 0.720. The first-order valence-electron chi connectivity index (χ1n) is 10.1. The van der Waals surface area contributed by atoms with Gasteiger partial charge < -0.3 is 10.2 Å². The minimum Gasteiger partial charge on any atom is -0.321 e. The molecule has 5 rings (SSSR count). The van der Waals surface area contributed by atoms with Gasteiger partial charge in [0, 0.05) is 34.7 Å². The van der Waals surface area contributed by atoms with Gasteiger partial charge in [0.15, 0.2) is 5.69 Å². The number of hydrogen-bond donors (Lipinski definition) is 2. The highest BCUT2D eigenvalue weighted by molar-refractivity contribution is 6.08. The van der Waals surface area contributed by atoms with Gasteiger partial charge in [-0.3, -0.25) is 14.7 Å². The van der Waals surface area contributed by atoms with Gasteiger partial charge in [0.25, 0.3) is 11.8 Å². The predicted octanol–water partition coefficient (Wildman–Crippen LogP) is 3.74. The van der Waals surface area contributed by atoms with Crippen LogP contribution in [0.4, 0.5) is 11.4 Å². The van der Waals surface area contributed by atoms with Crippen LogP contribution in [0.25, 0.3) is 0 Å². The Morgan fingerprint density at radius 1 is 1.00 bits per heavy atom.